The van der Waals surface area contributed by atoms with Crippen LogP contribution in [0.1, 0.15) is 25.7 Å². The highest BCUT2D eigenvalue weighted by Crippen LogP contribution is 2.26. The minimum absolute atomic E-state index is 0.0383. The van der Waals surface area contributed by atoms with E-state index >= 15 is 0 Å². The molecule has 6 nitrogen and oxygen atoms in total. The molecule has 0 bridgehead atoms. The third-order valence-corrected chi connectivity index (χ3v) is 4.58. The number of carbonyl (C=O) groups is 3. The van der Waals surface area contributed by atoms with Gasteiger partial charge in [0.05, 0.1) is 0 Å². The number of carbonyl (C=O) groups excluding carboxylic acids is 3. The van der Waals surface area contributed by atoms with E-state index in [1.807, 2.05) is 0 Å². The second kappa shape index (κ2) is 6.98. The maximum atomic E-state index is 13.1. The average molecular weight is 333 g/mol. The molecule has 2 heterocycles. The number of halogens is 1. The van der Waals surface area contributed by atoms with Gasteiger partial charge in [0.2, 0.25) is 17.7 Å². The Morgan fingerprint density at radius 1 is 1.33 bits per heavy atom. The molecule has 0 aromatic heterocycles. The van der Waals surface area contributed by atoms with E-state index in [9.17, 15) is 18.8 Å². The van der Waals surface area contributed by atoms with Crippen LogP contribution in [0.2, 0.25) is 0 Å². The summed E-state index contributed by atoms with van der Waals surface area (Å²) in [7, 11) is 0. The quantitative estimate of drug-likeness (QED) is 0.871. The maximum Gasteiger partial charge on any atom is 0.224 e. The fraction of sp³-hybridized carbons (Fsp3) is 0.471. The fourth-order valence-electron chi connectivity index (χ4n) is 3.31. The van der Waals surface area contributed by atoms with Crippen molar-refractivity contribution >= 4 is 23.4 Å². The highest BCUT2D eigenvalue weighted by Gasteiger charge is 2.37. The Balaban J connectivity index is 1.45. The second-order valence-corrected chi connectivity index (χ2v) is 6.33. The molecule has 0 spiro atoms. The van der Waals surface area contributed by atoms with Crippen molar-refractivity contribution in [1.82, 2.24) is 10.2 Å². The van der Waals surface area contributed by atoms with Gasteiger partial charge in [-0.15, -0.1) is 0 Å². The smallest absolute Gasteiger partial charge is 0.224 e. The standard InChI is InChI=1S/C17H20FN3O3/c18-12-2-1-3-13(9-12)19-15(22)4-5-17(24)21-7-6-11-8-16(23)20-14(11)10-21/h1-3,9,11,14H,4-8,10H2,(H,19,22)(H,20,23)/t11-,14-/m1/s1. The Labute approximate surface area is 139 Å². The molecule has 1 aromatic carbocycles. The molecule has 2 aliphatic rings. The van der Waals surface area contributed by atoms with Gasteiger partial charge in [0.1, 0.15) is 5.82 Å². The van der Waals surface area contributed by atoms with Crippen LogP contribution in [0.25, 0.3) is 0 Å². The summed E-state index contributed by atoms with van der Waals surface area (Å²) < 4.78 is 13.1. The number of anilines is 1. The zero-order chi connectivity index (χ0) is 17.1. The van der Waals surface area contributed by atoms with Gasteiger partial charge in [-0.2, -0.15) is 0 Å². The number of hydrogen-bond acceptors (Lipinski definition) is 3. The van der Waals surface area contributed by atoms with Crippen LogP contribution in [-0.4, -0.2) is 41.8 Å². The highest BCUT2D eigenvalue weighted by molar-refractivity contribution is 5.93. The van der Waals surface area contributed by atoms with E-state index in [1.54, 1.807) is 11.0 Å². The first-order valence-electron chi connectivity index (χ1n) is 8.14. The van der Waals surface area contributed by atoms with Crippen LogP contribution in [0.5, 0.6) is 0 Å². The summed E-state index contributed by atoms with van der Waals surface area (Å²) in [6.45, 7) is 1.14. The fourth-order valence-corrected chi connectivity index (χ4v) is 3.31. The average Bonchev–Trinajstić information content (AvgIpc) is 2.91. The minimum atomic E-state index is -0.426. The predicted molar refractivity (Wildman–Crippen MR) is 85.5 cm³/mol. The van der Waals surface area contributed by atoms with Crippen molar-refractivity contribution in [3.05, 3.63) is 30.1 Å². The van der Waals surface area contributed by atoms with Gasteiger partial charge in [-0.3, -0.25) is 14.4 Å². The topological polar surface area (TPSA) is 78.5 Å². The molecule has 2 aliphatic heterocycles. The number of rotatable bonds is 4. The number of piperidine rings is 1. The highest BCUT2D eigenvalue weighted by atomic mass is 19.1. The van der Waals surface area contributed by atoms with Crippen molar-refractivity contribution in [3.8, 4) is 0 Å². The second-order valence-electron chi connectivity index (χ2n) is 6.33. The molecule has 0 radical (unpaired) electrons. The van der Waals surface area contributed by atoms with Crippen LogP contribution in [0.4, 0.5) is 10.1 Å². The predicted octanol–water partition coefficient (Wildman–Crippen LogP) is 1.28. The molecule has 2 fully saturated rings. The Hall–Kier alpha value is -2.44. The van der Waals surface area contributed by atoms with E-state index < -0.39 is 5.82 Å². The van der Waals surface area contributed by atoms with Gasteiger partial charge in [-0.1, -0.05) is 6.07 Å². The molecule has 2 atom stereocenters. The molecule has 0 aliphatic carbocycles. The molecular formula is C17H20FN3O3. The van der Waals surface area contributed by atoms with Crippen LogP contribution >= 0.6 is 0 Å². The van der Waals surface area contributed by atoms with Gasteiger partial charge in [-0.25, -0.2) is 4.39 Å². The summed E-state index contributed by atoms with van der Waals surface area (Å²) in [5, 5.41) is 5.47. The number of nitrogens with zero attached hydrogens (tertiary/aromatic N) is 1. The molecule has 3 amide bonds. The Morgan fingerprint density at radius 2 is 2.17 bits per heavy atom. The van der Waals surface area contributed by atoms with Crippen LogP contribution in [0, 0.1) is 11.7 Å². The molecule has 24 heavy (non-hydrogen) atoms. The molecule has 3 rings (SSSR count). The van der Waals surface area contributed by atoms with E-state index in [2.05, 4.69) is 10.6 Å². The lowest BCUT2D eigenvalue weighted by Gasteiger charge is -2.34. The lowest BCUT2D eigenvalue weighted by atomic mass is 9.92. The van der Waals surface area contributed by atoms with Gasteiger partial charge in [0, 0.05) is 44.1 Å². The van der Waals surface area contributed by atoms with Gasteiger partial charge in [-0.05, 0) is 30.5 Å². The molecule has 128 valence electrons. The van der Waals surface area contributed by atoms with Gasteiger partial charge in [0.25, 0.3) is 0 Å². The first-order valence-corrected chi connectivity index (χ1v) is 8.14. The van der Waals surface area contributed by atoms with Crippen LogP contribution in [-0.2, 0) is 14.4 Å². The first kappa shape index (κ1) is 16.4. The minimum Gasteiger partial charge on any atom is -0.351 e. The monoisotopic (exact) mass is 333 g/mol. The molecule has 7 heteroatoms. The van der Waals surface area contributed by atoms with E-state index in [0.29, 0.717) is 31.1 Å². The van der Waals surface area contributed by atoms with Crippen LogP contribution in [0.15, 0.2) is 24.3 Å². The first-order chi connectivity index (χ1) is 11.5. The maximum absolute atomic E-state index is 13.1. The Bertz CT molecular complexity index is 664. The Morgan fingerprint density at radius 3 is 2.96 bits per heavy atom. The normalized spacial score (nSPS) is 22.7. The SMILES string of the molecule is O=C(CCC(=O)N1CC[C@@H]2CC(=O)N[C@@H]2C1)Nc1cccc(F)c1. The lowest BCUT2D eigenvalue weighted by molar-refractivity contribution is -0.134. The molecule has 0 saturated carbocycles. The van der Waals surface area contributed by atoms with Crippen LogP contribution < -0.4 is 10.6 Å². The van der Waals surface area contributed by atoms with E-state index in [4.69, 9.17) is 0 Å². The number of likely N-dealkylation sites (tertiary alicyclic amines) is 1. The van der Waals surface area contributed by atoms with E-state index in [-0.39, 0.29) is 36.6 Å². The zero-order valence-corrected chi connectivity index (χ0v) is 13.3. The summed E-state index contributed by atoms with van der Waals surface area (Å²) in [6, 6.07) is 5.67. The number of amides is 3. The molecular weight excluding hydrogens is 313 g/mol. The van der Waals surface area contributed by atoms with Gasteiger partial charge in [0.15, 0.2) is 0 Å². The third kappa shape index (κ3) is 3.90. The summed E-state index contributed by atoms with van der Waals surface area (Å²) in [5.74, 6) is -0.473. The van der Waals surface area contributed by atoms with Crippen molar-refractivity contribution < 1.29 is 18.8 Å². The lowest BCUT2D eigenvalue weighted by Crippen LogP contribution is -2.49. The molecule has 0 unspecified atom stereocenters. The summed E-state index contributed by atoms with van der Waals surface area (Å²) in [5.41, 5.74) is 0.377. The molecule has 1 aromatic rings. The number of benzene rings is 1. The van der Waals surface area contributed by atoms with Crippen molar-refractivity contribution in [3.63, 3.8) is 0 Å². The van der Waals surface area contributed by atoms with Crippen molar-refractivity contribution in [1.29, 1.82) is 0 Å². The van der Waals surface area contributed by atoms with Crippen molar-refractivity contribution in [2.45, 2.75) is 31.7 Å². The van der Waals surface area contributed by atoms with E-state index in [1.165, 1.54) is 18.2 Å². The van der Waals surface area contributed by atoms with Gasteiger partial charge < -0.3 is 15.5 Å². The largest absolute Gasteiger partial charge is 0.351 e. The number of nitrogens with one attached hydrogen (secondary N) is 2. The number of hydrogen-bond donors (Lipinski definition) is 2. The van der Waals surface area contributed by atoms with Crippen molar-refractivity contribution in [2.24, 2.45) is 5.92 Å². The zero-order valence-electron chi connectivity index (χ0n) is 13.3. The third-order valence-electron chi connectivity index (χ3n) is 4.58. The van der Waals surface area contributed by atoms with Crippen LogP contribution in [0.3, 0.4) is 0 Å². The molecule has 2 saturated heterocycles. The Kier molecular flexibility index (Phi) is 4.78. The van der Waals surface area contributed by atoms with Crippen molar-refractivity contribution in [2.75, 3.05) is 18.4 Å². The summed E-state index contributed by atoms with van der Waals surface area (Å²) in [6.07, 6.45) is 1.51. The summed E-state index contributed by atoms with van der Waals surface area (Å²) in [4.78, 5) is 37.2. The number of fused-ring (bicyclic) bond motifs is 1. The summed E-state index contributed by atoms with van der Waals surface area (Å²) >= 11 is 0. The van der Waals surface area contributed by atoms with E-state index in [0.717, 1.165) is 6.42 Å². The molecule has 2 N–H and O–H groups in total. The van der Waals surface area contributed by atoms with Gasteiger partial charge >= 0.3 is 0 Å².